The molecule has 1 heteroatoms. The summed E-state index contributed by atoms with van der Waals surface area (Å²) in [7, 11) is 0. The van der Waals surface area contributed by atoms with Crippen molar-refractivity contribution in [3.63, 3.8) is 0 Å². The number of benzene rings is 3. The van der Waals surface area contributed by atoms with Crippen LogP contribution in [0, 0.1) is 0 Å². The number of hydrogen-bond acceptors (Lipinski definition) is 0. The first-order valence-electron chi connectivity index (χ1n) is 6.12. The van der Waals surface area contributed by atoms with Gasteiger partial charge in [-0.25, -0.2) is 0 Å². The lowest BCUT2D eigenvalue weighted by molar-refractivity contribution is 1.27. The van der Waals surface area contributed by atoms with E-state index in [0.29, 0.717) is 0 Å². The fraction of sp³-hybridized carbons (Fsp3) is 0.111. The molecule has 0 aromatic heterocycles. The van der Waals surface area contributed by atoms with Gasteiger partial charge in [-0.05, 0) is 46.0 Å². The monoisotopic (exact) mass is 266 g/mol. The van der Waals surface area contributed by atoms with E-state index in [4.69, 9.17) is 11.6 Å². The highest BCUT2D eigenvalue weighted by atomic mass is 35.5. The molecule has 19 heavy (non-hydrogen) atoms. The van der Waals surface area contributed by atoms with Crippen LogP contribution in [0.4, 0.5) is 0 Å². The Morgan fingerprint density at radius 3 is 2.32 bits per heavy atom. The molecule has 1 aliphatic rings. The molecule has 94 valence electrons. The molecule has 0 spiro atoms. The quantitative estimate of drug-likeness (QED) is 0.383. The van der Waals surface area contributed by atoms with E-state index in [2.05, 4.69) is 42.5 Å². The van der Waals surface area contributed by atoms with E-state index in [1.165, 1.54) is 33.0 Å². The third-order valence-corrected chi connectivity index (χ3v) is 4.04. The normalized spacial score (nSPS) is 11.8. The van der Waals surface area contributed by atoms with Crippen LogP contribution in [0.5, 0.6) is 0 Å². The third kappa shape index (κ3) is 1.75. The highest BCUT2D eigenvalue weighted by molar-refractivity contribution is 6.33. The van der Waals surface area contributed by atoms with E-state index in [9.17, 15) is 0 Å². The zero-order valence-electron chi connectivity index (χ0n) is 9.78. The smallest absolute Gasteiger partial charge is 0.0487 e. The van der Waals surface area contributed by atoms with Gasteiger partial charge >= 0.3 is 0 Å². The lowest BCUT2D eigenvalue weighted by Gasteiger charge is -2.05. The maximum atomic E-state index is 6.35. The van der Waals surface area contributed by atoms with Crippen molar-refractivity contribution in [2.24, 2.45) is 0 Å². The Labute approximate surface area is 118 Å². The van der Waals surface area contributed by atoms with Gasteiger partial charge < -0.3 is 0 Å². The van der Waals surface area contributed by atoms with Gasteiger partial charge in [-0.15, -0.1) is 0 Å². The molecule has 0 saturated heterocycles. The molecule has 0 atom stereocenters. The molecular weight excluding hydrogens is 252 g/mol. The molecular formula is C18H15Cl. The lowest BCUT2D eigenvalue weighted by Crippen LogP contribution is -1.81. The molecule has 1 aliphatic carbocycles. The van der Waals surface area contributed by atoms with Crippen molar-refractivity contribution in [1.29, 1.82) is 0 Å². The van der Waals surface area contributed by atoms with Crippen molar-refractivity contribution >= 4 is 22.4 Å². The Balaban J connectivity index is 0.00000110. The molecule has 4 rings (SSSR count). The second-order valence-electron chi connectivity index (χ2n) is 4.81. The Bertz CT molecular complexity index is 772. The molecule has 0 aliphatic heterocycles. The summed E-state index contributed by atoms with van der Waals surface area (Å²) in [6, 6.07) is 19.2. The highest BCUT2D eigenvalue weighted by Gasteiger charge is 2.20. The van der Waals surface area contributed by atoms with Crippen LogP contribution in [0.25, 0.3) is 21.9 Å². The van der Waals surface area contributed by atoms with Gasteiger partial charge in [-0.1, -0.05) is 61.5 Å². The highest BCUT2D eigenvalue weighted by Crippen LogP contribution is 2.42. The molecule has 3 aromatic carbocycles. The van der Waals surface area contributed by atoms with E-state index in [1.54, 1.807) is 0 Å². The van der Waals surface area contributed by atoms with Crippen molar-refractivity contribution in [3.05, 3.63) is 70.7 Å². The van der Waals surface area contributed by atoms with Crippen molar-refractivity contribution in [2.45, 2.75) is 13.8 Å². The van der Waals surface area contributed by atoms with Crippen molar-refractivity contribution in [3.8, 4) is 11.1 Å². The van der Waals surface area contributed by atoms with Gasteiger partial charge in [-0.2, -0.15) is 0 Å². The standard InChI is InChI=1S/C17H11Cl.CH4/c18-16-7-3-6-13-9-14-8-11-4-1-2-5-12(11)10-15(14)17(13)16;/h1-8,10H,9H2;1H4. The van der Waals surface area contributed by atoms with E-state index in [1.807, 2.05) is 12.1 Å². The van der Waals surface area contributed by atoms with Crippen LogP contribution in [0.3, 0.4) is 0 Å². The van der Waals surface area contributed by atoms with Gasteiger partial charge in [0.15, 0.2) is 0 Å². The fourth-order valence-corrected chi connectivity index (χ4v) is 3.19. The molecule has 0 amide bonds. The van der Waals surface area contributed by atoms with Crippen LogP contribution in [0.15, 0.2) is 54.6 Å². The van der Waals surface area contributed by atoms with Crippen LogP contribution in [0.1, 0.15) is 18.6 Å². The number of fused-ring (bicyclic) bond motifs is 4. The summed E-state index contributed by atoms with van der Waals surface area (Å²) >= 11 is 6.35. The second kappa shape index (κ2) is 4.40. The summed E-state index contributed by atoms with van der Waals surface area (Å²) in [6.45, 7) is 0. The average Bonchev–Trinajstić information content (AvgIpc) is 2.74. The van der Waals surface area contributed by atoms with Gasteiger partial charge in [0.25, 0.3) is 0 Å². The van der Waals surface area contributed by atoms with Crippen LogP contribution < -0.4 is 0 Å². The van der Waals surface area contributed by atoms with Gasteiger partial charge in [-0.3, -0.25) is 0 Å². The second-order valence-corrected chi connectivity index (χ2v) is 5.21. The summed E-state index contributed by atoms with van der Waals surface area (Å²) in [5.74, 6) is 0. The Kier molecular flexibility index (Phi) is 2.83. The first kappa shape index (κ1) is 12.3. The summed E-state index contributed by atoms with van der Waals surface area (Å²) in [5.41, 5.74) is 5.25. The minimum Gasteiger partial charge on any atom is -0.0837 e. The summed E-state index contributed by atoms with van der Waals surface area (Å²) in [6.07, 6.45) is 0.996. The van der Waals surface area contributed by atoms with E-state index < -0.39 is 0 Å². The predicted molar refractivity (Wildman–Crippen MR) is 83.9 cm³/mol. The van der Waals surface area contributed by atoms with E-state index >= 15 is 0 Å². The molecule has 0 N–H and O–H groups in total. The minimum atomic E-state index is 0. The number of hydrogen-bond donors (Lipinski definition) is 0. The van der Waals surface area contributed by atoms with Gasteiger partial charge in [0, 0.05) is 10.6 Å². The van der Waals surface area contributed by atoms with Crippen LogP contribution in [-0.4, -0.2) is 0 Å². The third-order valence-electron chi connectivity index (χ3n) is 3.72. The summed E-state index contributed by atoms with van der Waals surface area (Å²) in [5, 5.41) is 3.45. The zero-order chi connectivity index (χ0) is 12.1. The topological polar surface area (TPSA) is 0 Å². The van der Waals surface area contributed by atoms with Crippen molar-refractivity contribution in [1.82, 2.24) is 0 Å². The maximum absolute atomic E-state index is 6.35. The summed E-state index contributed by atoms with van der Waals surface area (Å²) in [4.78, 5) is 0. The fourth-order valence-electron chi connectivity index (χ4n) is 2.89. The number of halogens is 1. The maximum Gasteiger partial charge on any atom is 0.0487 e. The molecule has 0 bridgehead atoms. The minimum absolute atomic E-state index is 0. The molecule has 0 heterocycles. The first-order chi connectivity index (χ1) is 8.83. The first-order valence-corrected chi connectivity index (χ1v) is 6.50. The van der Waals surface area contributed by atoms with Crippen molar-refractivity contribution < 1.29 is 0 Å². The predicted octanol–water partition coefficient (Wildman–Crippen LogP) is 5.70. The SMILES string of the molecule is C.Clc1cccc2c1-c1cc3ccccc3cc1C2. The molecule has 0 saturated carbocycles. The van der Waals surface area contributed by atoms with E-state index in [-0.39, 0.29) is 7.43 Å². The lowest BCUT2D eigenvalue weighted by atomic mass is 10.0. The Morgan fingerprint density at radius 2 is 1.53 bits per heavy atom. The van der Waals surface area contributed by atoms with Crippen LogP contribution in [-0.2, 0) is 6.42 Å². The Morgan fingerprint density at radius 1 is 0.789 bits per heavy atom. The average molecular weight is 267 g/mol. The molecule has 0 nitrogen and oxygen atoms in total. The van der Waals surface area contributed by atoms with Gasteiger partial charge in [0.2, 0.25) is 0 Å². The Hall–Kier alpha value is -1.79. The van der Waals surface area contributed by atoms with E-state index in [0.717, 1.165) is 11.4 Å². The van der Waals surface area contributed by atoms with Crippen LogP contribution >= 0.6 is 11.6 Å². The molecule has 3 aromatic rings. The largest absolute Gasteiger partial charge is 0.0837 e. The summed E-state index contributed by atoms with van der Waals surface area (Å²) < 4.78 is 0. The molecule has 0 unspecified atom stereocenters. The van der Waals surface area contributed by atoms with Gasteiger partial charge in [0.05, 0.1) is 0 Å². The molecule has 0 fully saturated rings. The van der Waals surface area contributed by atoms with Crippen molar-refractivity contribution in [2.75, 3.05) is 0 Å². The molecule has 0 radical (unpaired) electrons. The van der Waals surface area contributed by atoms with Gasteiger partial charge in [0.1, 0.15) is 0 Å². The van der Waals surface area contributed by atoms with Crippen LogP contribution in [0.2, 0.25) is 5.02 Å². The number of rotatable bonds is 0. The zero-order valence-corrected chi connectivity index (χ0v) is 10.5.